The molecule has 1 unspecified atom stereocenters. The number of Topliss-reactive ketones (excluding diaryl/α,β-unsaturated/α-hetero) is 1. The summed E-state index contributed by atoms with van der Waals surface area (Å²) < 4.78 is 15.8. The number of ether oxygens (including phenoxy) is 3. The maximum Gasteiger partial charge on any atom is 0.345 e. The second-order valence-corrected chi connectivity index (χ2v) is 8.07. The number of methoxy groups -OCH3 is 1. The van der Waals surface area contributed by atoms with Gasteiger partial charge in [0.2, 0.25) is 5.88 Å². The first-order chi connectivity index (χ1) is 14.6. The van der Waals surface area contributed by atoms with Crippen molar-refractivity contribution in [1.82, 2.24) is 9.97 Å². The van der Waals surface area contributed by atoms with E-state index in [2.05, 4.69) is 14.7 Å². The van der Waals surface area contributed by atoms with Gasteiger partial charge < -0.3 is 14.2 Å². The van der Waals surface area contributed by atoms with Crippen LogP contribution in [0, 0.1) is 5.92 Å². The van der Waals surface area contributed by atoms with Crippen molar-refractivity contribution in [2.75, 3.05) is 7.11 Å². The Morgan fingerprint density at radius 3 is 2.39 bits per heavy atom. The number of hydrogen-bond donors (Lipinski definition) is 0. The van der Waals surface area contributed by atoms with Gasteiger partial charge in [0.05, 0.1) is 13.0 Å². The molecule has 1 atom stereocenters. The van der Waals surface area contributed by atoms with Gasteiger partial charge in [-0.25, -0.2) is 9.78 Å². The Kier molecular flexibility index (Phi) is 8.24. The fourth-order valence-corrected chi connectivity index (χ4v) is 2.59. The van der Waals surface area contributed by atoms with Crippen molar-refractivity contribution < 1.29 is 28.6 Å². The minimum absolute atomic E-state index is 0.0301. The van der Waals surface area contributed by atoms with E-state index in [1.807, 2.05) is 30.3 Å². The monoisotopic (exact) mass is 428 g/mol. The summed E-state index contributed by atoms with van der Waals surface area (Å²) in [7, 11) is 1.30. The van der Waals surface area contributed by atoms with E-state index >= 15 is 0 Å². The van der Waals surface area contributed by atoms with Gasteiger partial charge in [-0.3, -0.25) is 9.59 Å². The molecular formula is C23H28N2O6. The highest BCUT2D eigenvalue weighted by atomic mass is 16.6. The van der Waals surface area contributed by atoms with Crippen LogP contribution < -0.4 is 4.74 Å². The second-order valence-electron chi connectivity index (χ2n) is 8.07. The Morgan fingerprint density at radius 1 is 1.10 bits per heavy atom. The fraction of sp³-hybridized carbons (Fsp3) is 0.435. The minimum atomic E-state index is -0.716. The highest BCUT2D eigenvalue weighted by molar-refractivity contribution is 5.95. The third kappa shape index (κ3) is 7.47. The van der Waals surface area contributed by atoms with Crippen LogP contribution in [0.3, 0.4) is 0 Å². The van der Waals surface area contributed by atoms with Crippen LogP contribution in [-0.4, -0.2) is 40.4 Å². The van der Waals surface area contributed by atoms with Gasteiger partial charge in [0.1, 0.15) is 17.8 Å². The topological polar surface area (TPSA) is 105 Å². The molecule has 0 aliphatic carbocycles. The highest BCUT2D eigenvalue weighted by Crippen LogP contribution is 2.21. The fourth-order valence-electron chi connectivity index (χ4n) is 2.59. The van der Waals surface area contributed by atoms with Crippen LogP contribution in [0.25, 0.3) is 0 Å². The molecule has 1 aromatic heterocycles. The van der Waals surface area contributed by atoms with E-state index in [9.17, 15) is 14.4 Å². The molecule has 0 radical (unpaired) electrons. The first-order valence-electron chi connectivity index (χ1n) is 9.99. The molecule has 2 aromatic rings. The van der Waals surface area contributed by atoms with Crippen LogP contribution in [0.2, 0.25) is 0 Å². The van der Waals surface area contributed by atoms with Crippen molar-refractivity contribution in [3.63, 3.8) is 0 Å². The Hall–Kier alpha value is -3.29. The summed E-state index contributed by atoms with van der Waals surface area (Å²) in [6.45, 7) is 7.07. The number of rotatable bonds is 9. The van der Waals surface area contributed by atoms with E-state index in [1.165, 1.54) is 13.3 Å². The third-order valence-corrected chi connectivity index (χ3v) is 4.25. The van der Waals surface area contributed by atoms with Gasteiger partial charge in [0.25, 0.3) is 0 Å². The molecule has 1 heterocycles. The molecule has 0 fully saturated rings. The lowest BCUT2D eigenvalue weighted by Crippen LogP contribution is -2.25. The summed E-state index contributed by atoms with van der Waals surface area (Å²) in [6, 6.07) is 9.35. The maximum atomic E-state index is 12.6. The average molecular weight is 428 g/mol. The minimum Gasteiger partial charge on any atom is -0.472 e. The van der Waals surface area contributed by atoms with E-state index in [4.69, 9.17) is 9.47 Å². The van der Waals surface area contributed by atoms with E-state index in [0.717, 1.165) is 5.56 Å². The van der Waals surface area contributed by atoms with E-state index in [0.29, 0.717) is 6.42 Å². The smallest absolute Gasteiger partial charge is 0.345 e. The van der Waals surface area contributed by atoms with Crippen LogP contribution in [-0.2, 0) is 20.9 Å². The highest BCUT2D eigenvalue weighted by Gasteiger charge is 2.25. The molecule has 0 N–H and O–H groups in total. The molecule has 0 spiro atoms. The van der Waals surface area contributed by atoms with Gasteiger partial charge in [-0.1, -0.05) is 37.3 Å². The molecule has 166 valence electrons. The normalized spacial score (nSPS) is 12.0. The molecule has 8 nitrogen and oxygen atoms in total. The van der Waals surface area contributed by atoms with E-state index in [1.54, 1.807) is 27.7 Å². The Labute approximate surface area is 181 Å². The van der Waals surface area contributed by atoms with Gasteiger partial charge in [-0.15, -0.1) is 0 Å². The lowest BCUT2D eigenvalue weighted by molar-refractivity contribution is -0.144. The summed E-state index contributed by atoms with van der Waals surface area (Å²) in [4.78, 5) is 44.9. The van der Waals surface area contributed by atoms with Crippen molar-refractivity contribution in [3.8, 4) is 5.88 Å². The number of hydrogen-bond acceptors (Lipinski definition) is 8. The average Bonchev–Trinajstić information content (AvgIpc) is 2.74. The van der Waals surface area contributed by atoms with Gasteiger partial charge in [0, 0.05) is 12.6 Å². The Morgan fingerprint density at radius 2 is 1.77 bits per heavy atom. The molecule has 0 aliphatic rings. The van der Waals surface area contributed by atoms with Crippen LogP contribution in [0.5, 0.6) is 5.88 Å². The number of aromatic nitrogens is 2. The molecule has 8 heteroatoms. The van der Waals surface area contributed by atoms with Gasteiger partial charge in [-0.05, 0) is 32.8 Å². The number of ketones is 1. The Bertz CT molecular complexity index is 921. The summed E-state index contributed by atoms with van der Waals surface area (Å²) in [5.74, 6) is -1.94. The molecule has 0 saturated carbocycles. The van der Waals surface area contributed by atoms with Crippen LogP contribution in [0.1, 0.15) is 67.1 Å². The van der Waals surface area contributed by atoms with Gasteiger partial charge >= 0.3 is 11.9 Å². The van der Waals surface area contributed by atoms with Crippen molar-refractivity contribution in [2.24, 2.45) is 5.92 Å². The van der Waals surface area contributed by atoms with Gasteiger partial charge in [-0.2, -0.15) is 4.98 Å². The zero-order valence-electron chi connectivity index (χ0n) is 18.5. The molecule has 31 heavy (non-hydrogen) atoms. The summed E-state index contributed by atoms with van der Waals surface area (Å²) >= 11 is 0. The van der Waals surface area contributed by atoms with Crippen molar-refractivity contribution >= 4 is 17.7 Å². The molecular weight excluding hydrogens is 400 g/mol. The lowest BCUT2D eigenvalue weighted by Gasteiger charge is -2.20. The predicted octanol–water partition coefficient (Wildman–Crippen LogP) is 3.78. The Balaban J connectivity index is 2.23. The maximum absolute atomic E-state index is 12.6. The molecule has 0 saturated heterocycles. The van der Waals surface area contributed by atoms with E-state index in [-0.39, 0.29) is 42.0 Å². The van der Waals surface area contributed by atoms with Crippen LogP contribution in [0.15, 0.2) is 36.5 Å². The van der Waals surface area contributed by atoms with Crippen molar-refractivity contribution in [1.29, 1.82) is 0 Å². The largest absolute Gasteiger partial charge is 0.472 e. The van der Waals surface area contributed by atoms with Gasteiger partial charge in [0.15, 0.2) is 11.6 Å². The second kappa shape index (κ2) is 10.7. The number of esters is 2. The quantitative estimate of drug-likeness (QED) is 0.439. The first kappa shape index (κ1) is 24.0. The predicted molar refractivity (Wildman–Crippen MR) is 113 cm³/mol. The summed E-state index contributed by atoms with van der Waals surface area (Å²) in [6.07, 6.45) is 1.58. The van der Waals surface area contributed by atoms with Crippen molar-refractivity contribution in [3.05, 3.63) is 53.5 Å². The molecule has 2 rings (SSSR count). The summed E-state index contributed by atoms with van der Waals surface area (Å²) in [5, 5.41) is 0. The van der Waals surface area contributed by atoms with Crippen LogP contribution >= 0.6 is 0 Å². The van der Waals surface area contributed by atoms with E-state index < -0.39 is 17.5 Å². The lowest BCUT2D eigenvalue weighted by atomic mass is 10.0. The zero-order chi connectivity index (χ0) is 23.0. The first-order valence-corrected chi connectivity index (χ1v) is 9.99. The zero-order valence-corrected chi connectivity index (χ0v) is 18.5. The number of nitrogens with zero attached hydrogens (tertiary/aromatic N) is 2. The molecule has 0 bridgehead atoms. The molecule has 0 amide bonds. The SMILES string of the molecule is COC(=O)C(C)CCC(=O)c1ncc(C(=O)OC(C)(C)C)c(OCc2ccccc2)n1. The molecule has 1 aromatic carbocycles. The third-order valence-electron chi connectivity index (χ3n) is 4.25. The standard InChI is InChI=1S/C23H28N2O6/c1-15(21(27)29-5)11-12-18(26)19-24-13-17(22(28)31-23(2,3)4)20(25-19)30-14-16-9-7-6-8-10-16/h6-10,13,15H,11-12,14H2,1-5H3. The van der Waals surface area contributed by atoms with Crippen molar-refractivity contribution in [2.45, 2.75) is 52.7 Å². The summed E-state index contributed by atoms with van der Waals surface area (Å²) in [5.41, 5.74) is 0.188. The number of carbonyl (C=O) groups is 3. The molecule has 0 aliphatic heterocycles. The number of carbonyl (C=O) groups excluding carboxylic acids is 3. The number of benzene rings is 1. The van der Waals surface area contributed by atoms with Crippen LogP contribution in [0.4, 0.5) is 0 Å².